The van der Waals surface area contributed by atoms with Gasteiger partial charge in [-0.25, -0.2) is 0 Å². The van der Waals surface area contributed by atoms with Crippen molar-refractivity contribution in [1.82, 2.24) is 15.2 Å². The second kappa shape index (κ2) is 3.98. The van der Waals surface area contributed by atoms with Crippen LogP contribution in [0.25, 0.3) is 0 Å². The number of amides is 1. The van der Waals surface area contributed by atoms with Crippen molar-refractivity contribution in [3.8, 4) is 0 Å². The second-order valence-electron chi connectivity index (χ2n) is 3.71. The van der Waals surface area contributed by atoms with Crippen molar-refractivity contribution in [3.63, 3.8) is 0 Å². The Labute approximate surface area is 89.3 Å². The Kier molecular flexibility index (Phi) is 2.68. The number of hydrogen-bond acceptors (Lipinski definition) is 3. The third kappa shape index (κ3) is 1.61. The van der Waals surface area contributed by atoms with Crippen LogP contribution in [0.15, 0.2) is 18.3 Å². The van der Waals surface area contributed by atoms with E-state index in [-0.39, 0.29) is 12.1 Å². The van der Waals surface area contributed by atoms with Crippen molar-refractivity contribution in [3.05, 3.63) is 29.6 Å². The van der Waals surface area contributed by atoms with Crippen LogP contribution in [0, 0.1) is 0 Å². The maximum absolute atomic E-state index is 11.8. The molecule has 1 amide bonds. The number of carbonyl (C=O) groups excluding carboxylic acids is 1. The van der Waals surface area contributed by atoms with Crippen molar-refractivity contribution in [2.24, 2.45) is 0 Å². The lowest BCUT2D eigenvalue weighted by Crippen LogP contribution is -2.34. The molecule has 1 unspecified atom stereocenters. The van der Waals surface area contributed by atoms with E-state index in [0.717, 1.165) is 18.7 Å². The first-order valence-electron chi connectivity index (χ1n) is 5.21. The van der Waals surface area contributed by atoms with Gasteiger partial charge in [0, 0.05) is 13.2 Å². The molecule has 15 heavy (non-hydrogen) atoms. The molecule has 1 aliphatic heterocycles. The van der Waals surface area contributed by atoms with Crippen molar-refractivity contribution in [2.45, 2.75) is 19.5 Å². The lowest BCUT2D eigenvalue weighted by Gasteiger charge is -2.20. The molecule has 4 heteroatoms. The summed E-state index contributed by atoms with van der Waals surface area (Å²) < 4.78 is 0. The smallest absolute Gasteiger partial charge is 0.257 e. The van der Waals surface area contributed by atoms with Gasteiger partial charge in [0.05, 0.1) is 11.3 Å². The van der Waals surface area contributed by atoms with Crippen LogP contribution in [0.2, 0.25) is 0 Å². The first-order chi connectivity index (χ1) is 7.25. The fourth-order valence-electron chi connectivity index (χ4n) is 1.82. The topological polar surface area (TPSA) is 45.2 Å². The highest BCUT2D eigenvalue weighted by Crippen LogP contribution is 2.27. The molecule has 1 aromatic rings. The van der Waals surface area contributed by atoms with Gasteiger partial charge in [0.15, 0.2) is 0 Å². The standard InChI is InChI=1S/C11H15N3O/c1-3-6-13-10-9-8(5-4-7-12-9)11(15)14(10)2/h4-5,7,10,13H,3,6H2,1-2H3. The van der Waals surface area contributed by atoms with Gasteiger partial charge < -0.3 is 4.90 Å². The average Bonchev–Trinajstić information content (AvgIpc) is 2.51. The lowest BCUT2D eigenvalue weighted by atomic mass is 10.2. The van der Waals surface area contributed by atoms with Crippen LogP contribution in [0.1, 0.15) is 35.6 Å². The quantitative estimate of drug-likeness (QED) is 0.805. The summed E-state index contributed by atoms with van der Waals surface area (Å²) in [6, 6.07) is 3.63. The van der Waals surface area contributed by atoms with Gasteiger partial charge in [-0.15, -0.1) is 0 Å². The fraction of sp³-hybridized carbons (Fsp3) is 0.455. The first-order valence-corrected chi connectivity index (χ1v) is 5.21. The van der Waals surface area contributed by atoms with Gasteiger partial charge in [0.2, 0.25) is 0 Å². The van der Waals surface area contributed by atoms with E-state index < -0.39 is 0 Å². The number of aromatic nitrogens is 1. The molecule has 0 bridgehead atoms. The molecule has 2 rings (SSSR count). The summed E-state index contributed by atoms with van der Waals surface area (Å²) in [6.45, 7) is 2.99. The van der Waals surface area contributed by atoms with E-state index >= 15 is 0 Å². The predicted octanol–water partition coefficient (Wildman–Crippen LogP) is 1.17. The number of nitrogens with zero attached hydrogens (tertiary/aromatic N) is 2. The van der Waals surface area contributed by atoms with Crippen molar-refractivity contribution in [2.75, 3.05) is 13.6 Å². The molecule has 0 fully saturated rings. The summed E-state index contributed by atoms with van der Waals surface area (Å²) in [6.07, 6.45) is 2.71. The highest BCUT2D eigenvalue weighted by atomic mass is 16.2. The van der Waals surface area contributed by atoms with Crippen LogP contribution >= 0.6 is 0 Å². The van der Waals surface area contributed by atoms with Crippen molar-refractivity contribution >= 4 is 5.91 Å². The van der Waals surface area contributed by atoms with Crippen LogP contribution in [0.5, 0.6) is 0 Å². The molecule has 1 aromatic heterocycles. The third-order valence-corrected chi connectivity index (χ3v) is 2.62. The van der Waals surface area contributed by atoms with Gasteiger partial charge in [0.1, 0.15) is 6.17 Å². The van der Waals surface area contributed by atoms with Crippen LogP contribution in [0.3, 0.4) is 0 Å². The number of carbonyl (C=O) groups is 1. The van der Waals surface area contributed by atoms with Gasteiger partial charge in [-0.05, 0) is 25.1 Å². The summed E-state index contributed by atoms with van der Waals surface area (Å²) in [5.41, 5.74) is 1.56. The van der Waals surface area contributed by atoms with Crippen LogP contribution < -0.4 is 5.32 Å². The summed E-state index contributed by atoms with van der Waals surface area (Å²) >= 11 is 0. The number of rotatable bonds is 3. The number of pyridine rings is 1. The molecule has 2 heterocycles. The third-order valence-electron chi connectivity index (χ3n) is 2.62. The second-order valence-corrected chi connectivity index (χ2v) is 3.71. The number of nitrogens with one attached hydrogen (secondary N) is 1. The molecule has 4 nitrogen and oxygen atoms in total. The molecule has 0 aliphatic carbocycles. The minimum absolute atomic E-state index is 0.0479. The summed E-state index contributed by atoms with van der Waals surface area (Å²) in [5.74, 6) is 0.0479. The monoisotopic (exact) mass is 205 g/mol. The predicted molar refractivity (Wildman–Crippen MR) is 57.4 cm³/mol. The molecule has 1 aliphatic rings. The van der Waals surface area contributed by atoms with E-state index in [1.165, 1.54) is 0 Å². The number of hydrogen-bond donors (Lipinski definition) is 1. The van der Waals surface area contributed by atoms with Gasteiger partial charge in [-0.1, -0.05) is 6.92 Å². The molecular formula is C11H15N3O. The summed E-state index contributed by atoms with van der Waals surface area (Å²) in [7, 11) is 1.80. The highest BCUT2D eigenvalue weighted by molar-refractivity contribution is 5.98. The SMILES string of the molecule is CCCNC1c2ncccc2C(=O)N1C. The van der Waals surface area contributed by atoms with E-state index in [1.54, 1.807) is 24.2 Å². The summed E-state index contributed by atoms with van der Waals surface area (Å²) in [5, 5.41) is 3.31. The Morgan fingerprint density at radius 2 is 2.40 bits per heavy atom. The van der Waals surface area contributed by atoms with Crippen LogP contribution in [-0.2, 0) is 0 Å². The zero-order valence-electron chi connectivity index (χ0n) is 9.03. The fourth-order valence-corrected chi connectivity index (χ4v) is 1.82. The minimum Gasteiger partial charge on any atom is -0.320 e. The molecule has 0 aromatic carbocycles. The van der Waals surface area contributed by atoms with E-state index in [9.17, 15) is 4.79 Å². The van der Waals surface area contributed by atoms with E-state index in [2.05, 4.69) is 17.2 Å². The Morgan fingerprint density at radius 1 is 1.60 bits per heavy atom. The average molecular weight is 205 g/mol. The Balaban J connectivity index is 2.29. The largest absolute Gasteiger partial charge is 0.320 e. The van der Waals surface area contributed by atoms with Gasteiger partial charge in [-0.2, -0.15) is 0 Å². The molecule has 0 spiro atoms. The maximum atomic E-state index is 11.8. The lowest BCUT2D eigenvalue weighted by molar-refractivity contribution is 0.0749. The minimum atomic E-state index is -0.0614. The number of fused-ring (bicyclic) bond motifs is 1. The van der Waals surface area contributed by atoms with E-state index in [4.69, 9.17) is 0 Å². The molecule has 0 radical (unpaired) electrons. The molecule has 80 valence electrons. The van der Waals surface area contributed by atoms with Crippen LogP contribution in [-0.4, -0.2) is 29.4 Å². The maximum Gasteiger partial charge on any atom is 0.257 e. The highest BCUT2D eigenvalue weighted by Gasteiger charge is 2.34. The first kappa shape index (κ1) is 10.1. The molecule has 1 N–H and O–H groups in total. The Morgan fingerprint density at radius 3 is 3.13 bits per heavy atom. The Bertz CT molecular complexity index is 378. The normalized spacial score (nSPS) is 19.5. The molecule has 0 saturated carbocycles. The summed E-state index contributed by atoms with van der Waals surface area (Å²) in [4.78, 5) is 17.8. The van der Waals surface area contributed by atoms with Gasteiger partial charge in [-0.3, -0.25) is 15.1 Å². The van der Waals surface area contributed by atoms with E-state index in [0.29, 0.717) is 5.56 Å². The zero-order valence-corrected chi connectivity index (χ0v) is 9.03. The van der Waals surface area contributed by atoms with E-state index in [1.807, 2.05) is 6.07 Å². The van der Waals surface area contributed by atoms with Gasteiger partial charge in [0.25, 0.3) is 5.91 Å². The zero-order chi connectivity index (χ0) is 10.8. The van der Waals surface area contributed by atoms with Gasteiger partial charge >= 0.3 is 0 Å². The Hall–Kier alpha value is -1.42. The van der Waals surface area contributed by atoms with Crippen molar-refractivity contribution < 1.29 is 4.79 Å². The van der Waals surface area contributed by atoms with Crippen LogP contribution in [0.4, 0.5) is 0 Å². The van der Waals surface area contributed by atoms with Crippen molar-refractivity contribution in [1.29, 1.82) is 0 Å². The molecule has 1 atom stereocenters. The molecule has 0 saturated heterocycles. The molecular weight excluding hydrogens is 190 g/mol.